The number of hydrogen-bond acceptors (Lipinski definition) is 3. The van der Waals surface area contributed by atoms with Crippen molar-refractivity contribution < 1.29 is 9.59 Å². The maximum absolute atomic E-state index is 12.7. The van der Waals surface area contributed by atoms with E-state index in [0.717, 1.165) is 32.2 Å². The summed E-state index contributed by atoms with van der Waals surface area (Å²) < 4.78 is 0. The van der Waals surface area contributed by atoms with Crippen LogP contribution in [0.1, 0.15) is 42.7 Å². The van der Waals surface area contributed by atoms with Crippen LogP contribution < -0.4 is 5.32 Å². The average Bonchev–Trinajstić information content (AvgIpc) is 3.17. The Hall–Kier alpha value is -2.08. The summed E-state index contributed by atoms with van der Waals surface area (Å²) >= 11 is 0. The first-order valence-corrected chi connectivity index (χ1v) is 10.7. The smallest absolute Gasteiger partial charge is 0.317 e. The first kappa shape index (κ1) is 19.2. The number of likely N-dealkylation sites (N-methyl/N-ethyl adjacent to an activating group) is 1. The van der Waals surface area contributed by atoms with Crippen LogP contribution in [0.4, 0.5) is 4.79 Å². The third-order valence-corrected chi connectivity index (χ3v) is 6.68. The maximum Gasteiger partial charge on any atom is 0.317 e. The van der Waals surface area contributed by atoms with Gasteiger partial charge >= 0.3 is 6.03 Å². The number of amides is 3. The van der Waals surface area contributed by atoms with Crippen LogP contribution in [0.5, 0.6) is 0 Å². The van der Waals surface area contributed by atoms with Crippen LogP contribution in [0.2, 0.25) is 0 Å². The average molecular weight is 385 g/mol. The summed E-state index contributed by atoms with van der Waals surface area (Å²) in [5.41, 5.74) is 2.82. The molecule has 1 N–H and O–H groups in total. The minimum absolute atomic E-state index is 0.00754. The molecule has 28 heavy (non-hydrogen) atoms. The lowest BCUT2D eigenvalue weighted by atomic mass is 9.83. The topological polar surface area (TPSA) is 55.9 Å². The molecule has 3 amide bonds. The lowest BCUT2D eigenvalue weighted by Gasteiger charge is -2.37. The van der Waals surface area contributed by atoms with Gasteiger partial charge in [-0.05, 0) is 56.8 Å². The number of piperazine rings is 1. The molecule has 0 radical (unpaired) electrons. The molecule has 2 fully saturated rings. The number of fused-ring (bicyclic) bond motifs is 1. The highest BCUT2D eigenvalue weighted by Gasteiger charge is 2.33. The van der Waals surface area contributed by atoms with Crippen LogP contribution in [-0.4, -0.2) is 79.0 Å². The van der Waals surface area contributed by atoms with Crippen molar-refractivity contribution in [2.45, 2.75) is 44.1 Å². The second kappa shape index (κ2) is 8.52. The molecule has 1 aromatic rings. The third kappa shape index (κ3) is 4.02. The zero-order valence-corrected chi connectivity index (χ0v) is 16.9. The normalized spacial score (nSPS) is 25.5. The molecule has 4 rings (SSSR count). The molecule has 2 aliphatic heterocycles. The van der Waals surface area contributed by atoms with Crippen LogP contribution in [0.3, 0.4) is 0 Å². The van der Waals surface area contributed by atoms with Crippen molar-refractivity contribution >= 4 is 11.9 Å². The number of likely N-dealkylation sites (tertiary alicyclic amines) is 1. The Morgan fingerprint density at radius 2 is 1.75 bits per heavy atom. The van der Waals surface area contributed by atoms with E-state index >= 15 is 0 Å². The number of aryl methyl sites for hydroxylation is 1. The molecule has 152 valence electrons. The molecule has 3 aliphatic rings. The quantitative estimate of drug-likeness (QED) is 0.868. The minimum Gasteiger partial charge on any atom is -0.338 e. The Labute approximate surface area is 167 Å². The molecule has 0 saturated carbocycles. The number of urea groups is 1. The van der Waals surface area contributed by atoms with E-state index in [9.17, 15) is 9.59 Å². The second-order valence-corrected chi connectivity index (χ2v) is 8.42. The number of nitrogens with zero attached hydrogens (tertiary/aromatic N) is 3. The van der Waals surface area contributed by atoms with Gasteiger partial charge in [0.1, 0.15) is 0 Å². The van der Waals surface area contributed by atoms with E-state index in [2.05, 4.69) is 34.5 Å². The van der Waals surface area contributed by atoms with E-state index < -0.39 is 0 Å². The summed E-state index contributed by atoms with van der Waals surface area (Å²) in [5.74, 6) is 0.647. The van der Waals surface area contributed by atoms with Crippen LogP contribution in [0.25, 0.3) is 0 Å². The molecule has 2 unspecified atom stereocenters. The van der Waals surface area contributed by atoms with Gasteiger partial charge in [-0.2, -0.15) is 0 Å². The molecular formula is C22H32N4O2. The summed E-state index contributed by atoms with van der Waals surface area (Å²) in [4.78, 5) is 31.3. The molecule has 0 bridgehead atoms. The number of hydrogen-bond donors (Lipinski definition) is 1. The van der Waals surface area contributed by atoms with Crippen molar-refractivity contribution in [3.8, 4) is 0 Å². The van der Waals surface area contributed by atoms with Gasteiger partial charge in [-0.25, -0.2) is 4.79 Å². The minimum atomic E-state index is 0.00754. The largest absolute Gasteiger partial charge is 0.338 e. The monoisotopic (exact) mass is 384 g/mol. The molecular weight excluding hydrogens is 352 g/mol. The van der Waals surface area contributed by atoms with E-state index in [0.29, 0.717) is 38.6 Å². The molecule has 6 heteroatoms. The summed E-state index contributed by atoms with van der Waals surface area (Å²) in [6.07, 6.45) is 5.52. The lowest BCUT2D eigenvalue weighted by molar-refractivity contribution is -0.137. The zero-order chi connectivity index (χ0) is 19.5. The second-order valence-electron chi connectivity index (χ2n) is 8.42. The number of benzene rings is 1. The Bertz CT molecular complexity index is 714. The van der Waals surface area contributed by atoms with E-state index in [1.54, 1.807) is 0 Å². The van der Waals surface area contributed by atoms with Gasteiger partial charge in [-0.3, -0.25) is 9.69 Å². The van der Waals surface area contributed by atoms with E-state index in [1.807, 2.05) is 16.8 Å². The van der Waals surface area contributed by atoms with Gasteiger partial charge in [-0.15, -0.1) is 0 Å². The van der Waals surface area contributed by atoms with E-state index in [1.165, 1.54) is 17.5 Å². The molecule has 2 atom stereocenters. The first-order valence-electron chi connectivity index (χ1n) is 10.7. The Balaban J connectivity index is 1.25. The fourth-order valence-corrected chi connectivity index (χ4v) is 4.95. The SMILES string of the molecule is CN1CCCC1C(=O)N1CCN(C(=O)NCC2CCCc3ccccc32)CC1. The number of carbonyl (C=O) groups is 2. The Morgan fingerprint density at radius 1 is 1.00 bits per heavy atom. The predicted octanol–water partition coefficient (Wildman–Crippen LogP) is 2.05. The molecule has 2 heterocycles. The van der Waals surface area contributed by atoms with Crippen LogP contribution in [0.15, 0.2) is 24.3 Å². The molecule has 1 aromatic carbocycles. The summed E-state index contributed by atoms with van der Waals surface area (Å²) in [6, 6.07) is 8.65. The van der Waals surface area contributed by atoms with E-state index in [-0.39, 0.29) is 18.0 Å². The van der Waals surface area contributed by atoms with Gasteiger partial charge < -0.3 is 15.1 Å². The van der Waals surface area contributed by atoms with Gasteiger partial charge in [0.2, 0.25) is 5.91 Å². The first-order chi connectivity index (χ1) is 13.6. The fourth-order valence-electron chi connectivity index (χ4n) is 4.95. The van der Waals surface area contributed by atoms with Gasteiger partial charge in [0.15, 0.2) is 0 Å². The molecule has 6 nitrogen and oxygen atoms in total. The van der Waals surface area contributed by atoms with Crippen LogP contribution in [0, 0.1) is 0 Å². The highest BCUT2D eigenvalue weighted by molar-refractivity contribution is 5.82. The fraction of sp³-hybridized carbons (Fsp3) is 0.636. The standard InChI is InChI=1S/C22H32N4O2/c1-24-11-5-10-20(24)21(27)25-12-14-26(15-13-25)22(28)23-16-18-8-4-7-17-6-2-3-9-19(17)18/h2-3,6,9,18,20H,4-5,7-8,10-16H2,1H3,(H,23,28). The van der Waals surface area contributed by atoms with Gasteiger partial charge in [0.05, 0.1) is 6.04 Å². The number of carbonyl (C=O) groups excluding carboxylic acids is 2. The van der Waals surface area contributed by atoms with Crippen LogP contribution in [-0.2, 0) is 11.2 Å². The maximum atomic E-state index is 12.7. The van der Waals surface area contributed by atoms with Crippen molar-refractivity contribution in [2.75, 3.05) is 46.3 Å². The van der Waals surface area contributed by atoms with Crippen molar-refractivity contribution in [1.29, 1.82) is 0 Å². The Kier molecular flexibility index (Phi) is 5.85. The highest BCUT2D eigenvalue weighted by atomic mass is 16.2. The van der Waals surface area contributed by atoms with Crippen LogP contribution >= 0.6 is 0 Å². The predicted molar refractivity (Wildman–Crippen MR) is 109 cm³/mol. The van der Waals surface area contributed by atoms with Gasteiger partial charge in [-0.1, -0.05) is 24.3 Å². The highest BCUT2D eigenvalue weighted by Crippen LogP contribution is 2.30. The zero-order valence-electron chi connectivity index (χ0n) is 16.9. The molecule has 0 aromatic heterocycles. The molecule has 0 spiro atoms. The van der Waals surface area contributed by atoms with Crippen molar-refractivity contribution in [1.82, 2.24) is 20.0 Å². The molecule has 2 saturated heterocycles. The molecule has 1 aliphatic carbocycles. The summed E-state index contributed by atoms with van der Waals surface area (Å²) in [7, 11) is 2.03. The van der Waals surface area contributed by atoms with Crippen molar-refractivity contribution in [3.05, 3.63) is 35.4 Å². The summed E-state index contributed by atoms with van der Waals surface area (Å²) in [6.45, 7) is 4.22. The number of nitrogens with one attached hydrogen (secondary N) is 1. The Morgan fingerprint density at radius 3 is 2.50 bits per heavy atom. The number of rotatable bonds is 3. The van der Waals surface area contributed by atoms with Gasteiger partial charge in [0, 0.05) is 38.6 Å². The summed E-state index contributed by atoms with van der Waals surface area (Å²) in [5, 5.41) is 3.14. The lowest BCUT2D eigenvalue weighted by Crippen LogP contribution is -2.56. The third-order valence-electron chi connectivity index (χ3n) is 6.68. The van der Waals surface area contributed by atoms with Gasteiger partial charge in [0.25, 0.3) is 0 Å². The van der Waals surface area contributed by atoms with E-state index in [4.69, 9.17) is 0 Å². The van der Waals surface area contributed by atoms with Crippen molar-refractivity contribution in [2.24, 2.45) is 0 Å². The van der Waals surface area contributed by atoms with Crippen molar-refractivity contribution in [3.63, 3.8) is 0 Å².